The van der Waals surface area contributed by atoms with Crippen LogP contribution in [0.5, 0.6) is 0 Å². The van der Waals surface area contributed by atoms with E-state index in [0.29, 0.717) is 11.1 Å². The summed E-state index contributed by atoms with van der Waals surface area (Å²) in [5.41, 5.74) is 0.854. The zero-order valence-corrected chi connectivity index (χ0v) is 9.32. The van der Waals surface area contributed by atoms with Gasteiger partial charge in [0.15, 0.2) is 0 Å². The normalized spacial score (nSPS) is 11.1. The van der Waals surface area contributed by atoms with Gasteiger partial charge in [0.1, 0.15) is 4.48 Å². The van der Waals surface area contributed by atoms with Gasteiger partial charge in [0.05, 0.1) is 6.61 Å². The molecule has 1 aromatic rings. The Kier molecular flexibility index (Phi) is 4.32. The van der Waals surface area contributed by atoms with Gasteiger partial charge < -0.3 is 4.74 Å². The Morgan fingerprint density at radius 2 is 2.50 bits per heavy atom. The highest BCUT2D eigenvalue weighted by Crippen LogP contribution is 2.12. The smallest absolute Gasteiger partial charge is 0.345 e. The predicted octanol–water partition coefficient (Wildman–Crippen LogP) is 2.38. The van der Waals surface area contributed by atoms with Gasteiger partial charge in [-0.2, -0.15) is 0 Å². The van der Waals surface area contributed by atoms with E-state index in [9.17, 15) is 4.79 Å². The first-order valence-corrected chi connectivity index (χ1v) is 4.97. The van der Waals surface area contributed by atoms with E-state index in [2.05, 4.69) is 20.9 Å². The van der Waals surface area contributed by atoms with E-state index in [0.717, 1.165) is 5.56 Å². The van der Waals surface area contributed by atoms with Crippen LogP contribution in [-0.4, -0.2) is 17.6 Å². The average molecular weight is 256 g/mol. The minimum absolute atomic E-state index is 0.364. The number of rotatable bonds is 3. The fraction of sp³-hybridized carbons (Fsp3) is 0.200. The second-order valence-electron chi connectivity index (χ2n) is 2.50. The molecule has 0 aliphatic heterocycles. The van der Waals surface area contributed by atoms with Gasteiger partial charge >= 0.3 is 5.97 Å². The topological polar surface area (TPSA) is 39.2 Å². The summed E-state index contributed by atoms with van der Waals surface area (Å²) in [6, 6.07) is 3.66. The highest BCUT2D eigenvalue weighted by molar-refractivity contribution is 9.12. The molecule has 0 atom stereocenters. The number of aromatic nitrogens is 1. The van der Waals surface area contributed by atoms with Crippen molar-refractivity contribution in [3.05, 3.63) is 34.6 Å². The Hall–Kier alpha value is -1.16. The van der Waals surface area contributed by atoms with E-state index in [4.69, 9.17) is 4.74 Å². The number of hydrogen-bond donors (Lipinski definition) is 0. The Morgan fingerprint density at radius 3 is 3.07 bits per heavy atom. The molecule has 74 valence electrons. The lowest BCUT2D eigenvalue weighted by Gasteiger charge is -1.99. The fourth-order valence-corrected chi connectivity index (χ4v) is 1.25. The van der Waals surface area contributed by atoms with Gasteiger partial charge in [-0.25, -0.2) is 4.79 Å². The minimum Gasteiger partial charge on any atom is -0.462 e. The zero-order chi connectivity index (χ0) is 10.4. The summed E-state index contributed by atoms with van der Waals surface area (Å²) in [5.74, 6) is -0.364. The lowest BCUT2D eigenvalue weighted by atomic mass is 10.2. The summed E-state index contributed by atoms with van der Waals surface area (Å²) in [6.07, 6.45) is 5.01. The van der Waals surface area contributed by atoms with Crippen LogP contribution in [0.2, 0.25) is 0 Å². The summed E-state index contributed by atoms with van der Waals surface area (Å²) >= 11 is 3.14. The SMILES string of the molecule is CCOC(=O)/C(Br)=C/c1cccnc1. The maximum atomic E-state index is 11.2. The molecule has 0 aliphatic rings. The molecule has 0 radical (unpaired) electrons. The largest absolute Gasteiger partial charge is 0.462 e. The molecule has 1 heterocycles. The molecule has 0 aliphatic carbocycles. The molecule has 0 unspecified atom stereocenters. The lowest BCUT2D eigenvalue weighted by molar-refractivity contribution is -0.137. The highest BCUT2D eigenvalue weighted by atomic mass is 79.9. The lowest BCUT2D eigenvalue weighted by Crippen LogP contribution is -2.02. The molecule has 0 spiro atoms. The van der Waals surface area contributed by atoms with Gasteiger partial charge in [0, 0.05) is 12.4 Å². The van der Waals surface area contributed by atoms with Crippen molar-refractivity contribution in [3.63, 3.8) is 0 Å². The van der Waals surface area contributed by atoms with Crippen LogP contribution >= 0.6 is 15.9 Å². The number of pyridine rings is 1. The predicted molar refractivity (Wildman–Crippen MR) is 57.8 cm³/mol. The second kappa shape index (κ2) is 5.54. The standard InChI is InChI=1S/C10H10BrNO2/c1-2-14-10(13)9(11)6-8-4-3-5-12-7-8/h3-7H,2H2,1H3/b9-6-. The van der Waals surface area contributed by atoms with Crippen LogP contribution in [-0.2, 0) is 9.53 Å². The molecule has 0 aromatic carbocycles. The van der Waals surface area contributed by atoms with Gasteiger partial charge in [0.2, 0.25) is 0 Å². The summed E-state index contributed by atoms with van der Waals surface area (Å²) in [7, 11) is 0. The molecule has 0 saturated carbocycles. The molecule has 14 heavy (non-hydrogen) atoms. The highest BCUT2D eigenvalue weighted by Gasteiger charge is 2.05. The Labute approximate surface area is 90.9 Å². The maximum absolute atomic E-state index is 11.2. The zero-order valence-electron chi connectivity index (χ0n) is 7.74. The van der Waals surface area contributed by atoms with Crippen molar-refractivity contribution in [1.29, 1.82) is 0 Å². The Balaban J connectivity index is 2.74. The van der Waals surface area contributed by atoms with E-state index < -0.39 is 0 Å². The first-order chi connectivity index (χ1) is 6.74. The maximum Gasteiger partial charge on any atom is 0.345 e. The average Bonchev–Trinajstić information content (AvgIpc) is 2.19. The van der Waals surface area contributed by atoms with Crippen LogP contribution in [0.1, 0.15) is 12.5 Å². The molecule has 4 heteroatoms. The summed E-state index contributed by atoms with van der Waals surface area (Å²) in [6.45, 7) is 2.14. The molecule has 1 rings (SSSR count). The van der Waals surface area contributed by atoms with Crippen molar-refractivity contribution < 1.29 is 9.53 Å². The molecule has 0 amide bonds. The number of nitrogens with zero attached hydrogens (tertiary/aromatic N) is 1. The third-order valence-corrected chi connectivity index (χ3v) is 2.00. The Bertz CT molecular complexity index is 335. The molecule has 0 fully saturated rings. The molecule has 0 saturated heterocycles. The van der Waals surface area contributed by atoms with Crippen LogP contribution in [0.15, 0.2) is 29.0 Å². The number of esters is 1. The molecule has 1 aromatic heterocycles. The molecule has 0 N–H and O–H groups in total. The van der Waals surface area contributed by atoms with E-state index in [1.165, 1.54) is 0 Å². The van der Waals surface area contributed by atoms with E-state index in [1.54, 1.807) is 31.5 Å². The quantitative estimate of drug-likeness (QED) is 0.615. The summed E-state index contributed by atoms with van der Waals surface area (Å²) in [5, 5.41) is 0. The third-order valence-electron chi connectivity index (χ3n) is 1.45. The third kappa shape index (κ3) is 3.30. The molecule has 0 bridgehead atoms. The number of carbonyl (C=O) groups is 1. The first-order valence-electron chi connectivity index (χ1n) is 4.18. The number of hydrogen-bond acceptors (Lipinski definition) is 3. The number of carbonyl (C=O) groups excluding carboxylic acids is 1. The van der Waals surface area contributed by atoms with Gasteiger partial charge in [-0.15, -0.1) is 0 Å². The molecular formula is C10H10BrNO2. The van der Waals surface area contributed by atoms with Crippen molar-refractivity contribution in [2.45, 2.75) is 6.92 Å². The van der Waals surface area contributed by atoms with Crippen molar-refractivity contribution in [2.75, 3.05) is 6.61 Å². The summed E-state index contributed by atoms with van der Waals surface area (Å²) < 4.78 is 5.20. The van der Waals surface area contributed by atoms with Crippen LogP contribution in [0.25, 0.3) is 6.08 Å². The van der Waals surface area contributed by atoms with Gasteiger partial charge in [-0.3, -0.25) is 4.98 Å². The summed E-state index contributed by atoms with van der Waals surface area (Å²) in [4.78, 5) is 15.1. The van der Waals surface area contributed by atoms with Crippen molar-refractivity contribution in [1.82, 2.24) is 4.98 Å². The number of ether oxygens (including phenoxy) is 1. The van der Waals surface area contributed by atoms with Crippen molar-refractivity contribution in [2.24, 2.45) is 0 Å². The van der Waals surface area contributed by atoms with Gasteiger partial charge in [0.25, 0.3) is 0 Å². The van der Waals surface area contributed by atoms with Crippen molar-refractivity contribution in [3.8, 4) is 0 Å². The van der Waals surface area contributed by atoms with Gasteiger partial charge in [-0.1, -0.05) is 6.07 Å². The monoisotopic (exact) mass is 255 g/mol. The first kappa shape index (κ1) is 10.9. The van der Waals surface area contributed by atoms with E-state index in [1.807, 2.05) is 6.07 Å². The molecular weight excluding hydrogens is 246 g/mol. The van der Waals surface area contributed by atoms with E-state index >= 15 is 0 Å². The van der Waals surface area contributed by atoms with Crippen LogP contribution in [0.4, 0.5) is 0 Å². The number of halogens is 1. The van der Waals surface area contributed by atoms with Crippen LogP contribution < -0.4 is 0 Å². The van der Waals surface area contributed by atoms with Crippen LogP contribution in [0.3, 0.4) is 0 Å². The molecule has 3 nitrogen and oxygen atoms in total. The Morgan fingerprint density at radius 1 is 1.71 bits per heavy atom. The van der Waals surface area contributed by atoms with Crippen molar-refractivity contribution >= 4 is 28.0 Å². The van der Waals surface area contributed by atoms with Gasteiger partial charge in [-0.05, 0) is 40.6 Å². The minimum atomic E-state index is -0.364. The van der Waals surface area contributed by atoms with Crippen LogP contribution in [0, 0.1) is 0 Å². The van der Waals surface area contributed by atoms with E-state index in [-0.39, 0.29) is 5.97 Å². The fourth-order valence-electron chi connectivity index (χ4n) is 0.867. The second-order valence-corrected chi connectivity index (χ2v) is 3.35.